The largest absolute Gasteiger partial charge is 0.378 e. The van der Waals surface area contributed by atoms with Gasteiger partial charge in [-0.05, 0) is 18.9 Å². The number of aromatic nitrogens is 2. The summed E-state index contributed by atoms with van der Waals surface area (Å²) in [6.07, 6.45) is 1.68. The van der Waals surface area contributed by atoms with Crippen molar-refractivity contribution in [3.63, 3.8) is 0 Å². The summed E-state index contributed by atoms with van der Waals surface area (Å²) >= 11 is 0. The highest BCUT2D eigenvalue weighted by Crippen LogP contribution is 2.23. The average molecular weight is 342 g/mol. The van der Waals surface area contributed by atoms with E-state index in [-0.39, 0.29) is 17.7 Å². The molecule has 0 radical (unpaired) electrons. The monoisotopic (exact) mass is 342 g/mol. The van der Waals surface area contributed by atoms with E-state index >= 15 is 0 Å². The normalized spacial score (nSPS) is 21.5. The number of rotatable bonds is 2. The summed E-state index contributed by atoms with van der Waals surface area (Å²) in [6, 6.07) is 7.61. The molecule has 2 saturated heterocycles. The van der Waals surface area contributed by atoms with Crippen molar-refractivity contribution in [1.82, 2.24) is 20.0 Å². The maximum absolute atomic E-state index is 12.9. The van der Waals surface area contributed by atoms with Gasteiger partial charge >= 0.3 is 0 Å². The van der Waals surface area contributed by atoms with Crippen LogP contribution in [0.25, 0.3) is 10.9 Å². The van der Waals surface area contributed by atoms with E-state index in [1.165, 1.54) is 0 Å². The third kappa shape index (κ3) is 3.11. The number of morpholine rings is 1. The van der Waals surface area contributed by atoms with Gasteiger partial charge in [0.1, 0.15) is 0 Å². The second kappa shape index (κ2) is 6.84. The van der Waals surface area contributed by atoms with Crippen LogP contribution in [-0.2, 0) is 9.53 Å². The molecule has 4 rings (SSSR count). The van der Waals surface area contributed by atoms with Crippen molar-refractivity contribution < 1.29 is 14.3 Å². The maximum Gasteiger partial charge on any atom is 0.275 e. The fraction of sp³-hybridized carbons (Fsp3) is 0.500. The van der Waals surface area contributed by atoms with Gasteiger partial charge in [-0.15, -0.1) is 0 Å². The molecular formula is C18H22N4O3. The number of carbonyl (C=O) groups is 2. The first-order valence-electron chi connectivity index (χ1n) is 8.83. The summed E-state index contributed by atoms with van der Waals surface area (Å²) in [6.45, 7) is 3.63. The van der Waals surface area contributed by atoms with E-state index in [1.807, 2.05) is 29.2 Å². The number of H-pyrrole nitrogens is 1. The fourth-order valence-corrected chi connectivity index (χ4v) is 3.68. The van der Waals surface area contributed by atoms with Gasteiger partial charge in [-0.25, -0.2) is 0 Å². The Morgan fingerprint density at radius 3 is 2.76 bits per heavy atom. The van der Waals surface area contributed by atoms with Crippen LogP contribution in [0.3, 0.4) is 0 Å². The maximum atomic E-state index is 12.9. The molecule has 0 aliphatic carbocycles. The molecule has 2 aliphatic rings. The van der Waals surface area contributed by atoms with Crippen molar-refractivity contribution >= 4 is 22.7 Å². The first-order chi connectivity index (χ1) is 12.2. The van der Waals surface area contributed by atoms with E-state index in [2.05, 4.69) is 10.2 Å². The highest BCUT2D eigenvalue weighted by Gasteiger charge is 2.33. The highest BCUT2D eigenvalue weighted by atomic mass is 16.5. The van der Waals surface area contributed by atoms with Crippen LogP contribution in [0.2, 0.25) is 0 Å². The van der Waals surface area contributed by atoms with Crippen LogP contribution in [0.1, 0.15) is 23.3 Å². The SMILES string of the molecule is O=C(c1n[nH]c2ccccc12)N1CCCC(C(=O)N2CCOCC2)C1. The number of carbonyl (C=O) groups excluding carboxylic acids is 2. The first-order valence-corrected chi connectivity index (χ1v) is 8.83. The van der Waals surface area contributed by atoms with Crippen LogP contribution in [0.5, 0.6) is 0 Å². The third-order valence-electron chi connectivity index (χ3n) is 5.05. The molecule has 1 N–H and O–H groups in total. The molecule has 7 heteroatoms. The number of benzene rings is 1. The minimum absolute atomic E-state index is 0.100. The molecule has 0 saturated carbocycles. The zero-order valence-corrected chi connectivity index (χ0v) is 14.1. The average Bonchev–Trinajstić information content (AvgIpc) is 3.12. The smallest absolute Gasteiger partial charge is 0.275 e. The summed E-state index contributed by atoms with van der Waals surface area (Å²) in [5, 5.41) is 7.94. The zero-order valence-electron chi connectivity index (χ0n) is 14.1. The lowest BCUT2D eigenvalue weighted by Crippen LogP contribution is -2.49. The standard InChI is InChI=1S/C18H22N4O3/c23-17(21-8-10-25-11-9-21)13-4-3-7-22(12-13)18(24)16-14-5-1-2-6-15(14)19-20-16/h1-2,5-6,13H,3-4,7-12H2,(H,19,20). The number of hydrogen-bond acceptors (Lipinski definition) is 4. The molecule has 3 heterocycles. The van der Waals surface area contributed by atoms with Crippen LogP contribution in [-0.4, -0.2) is 71.2 Å². The van der Waals surface area contributed by atoms with Crippen LogP contribution >= 0.6 is 0 Å². The molecule has 0 spiro atoms. The van der Waals surface area contributed by atoms with Gasteiger partial charge in [0.15, 0.2) is 5.69 Å². The van der Waals surface area contributed by atoms with E-state index in [4.69, 9.17) is 4.74 Å². The predicted molar refractivity (Wildman–Crippen MR) is 92.1 cm³/mol. The molecule has 2 fully saturated rings. The number of amides is 2. The van der Waals surface area contributed by atoms with E-state index < -0.39 is 0 Å². The zero-order chi connectivity index (χ0) is 17.2. The summed E-state index contributed by atoms with van der Waals surface area (Å²) < 4.78 is 5.32. The van der Waals surface area contributed by atoms with Gasteiger partial charge in [-0.1, -0.05) is 18.2 Å². The second-order valence-electron chi connectivity index (χ2n) is 6.65. The fourth-order valence-electron chi connectivity index (χ4n) is 3.68. The van der Waals surface area contributed by atoms with E-state index in [0.29, 0.717) is 45.1 Å². The lowest BCUT2D eigenvalue weighted by molar-refractivity contribution is -0.141. The molecule has 2 aromatic rings. The summed E-state index contributed by atoms with van der Waals surface area (Å²) in [5.41, 5.74) is 1.29. The van der Waals surface area contributed by atoms with Gasteiger partial charge in [0.2, 0.25) is 5.91 Å². The number of piperidine rings is 1. The Bertz CT molecular complexity index is 781. The molecule has 1 atom stereocenters. The van der Waals surface area contributed by atoms with Crippen molar-refractivity contribution in [3.05, 3.63) is 30.0 Å². The van der Waals surface area contributed by atoms with Gasteiger partial charge < -0.3 is 14.5 Å². The van der Waals surface area contributed by atoms with Crippen molar-refractivity contribution in [1.29, 1.82) is 0 Å². The lowest BCUT2D eigenvalue weighted by Gasteiger charge is -2.36. The Labute approximate surface area is 145 Å². The number of nitrogens with zero attached hydrogens (tertiary/aromatic N) is 3. The molecular weight excluding hydrogens is 320 g/mol. The topological polar surface area (TPSA) is 78.5 Å². The van der Waals surface area contributed by atoms with Crippen molar-refractivity contribution in [2.45, 2.75) is 12.8 Å². The van der Waals surface area contributed by atoms with Gasteiger partial charge in [0.05, 0.1) is 24.6 Å². The Hall–Kier alpha value is -2.41. The van der Waals surface area contributed by atoms with E-state index in [9.17, 15) is 9.59 Å². The van der Waals surface area contributed by atoms with Gasteiger partial charge in [0.25, 0.3) is 5.91 Å². The molecule has 2 aliphatic heterocycles. The molecule has 0 bridgehead atoms. The van der Waals surface area contributed by atoms with Crippen molar-refractivity contribution in [2.75, 3.05) is 39.4 Å². The van der Waals surface area contributed by atoms with Crippen LogP contribution in [0.4, 0.5) is 0 Å². The van der Waals surface area contributed by atoms with Crippen LogP contribution < -0.4 is 0 Å². The minimum atomic E-state index is -0.124. The lowest BCUT2D eigenvalue weighted by atomic mass is 9.96. The van der Waals surface area contributed by atoms with Gasteiger partial charge in [-0.2, -0.15) is 5.10 Å². The Morgan fingerprint density at radius 2 is 1.92 bits per heavy atom. The molecule has 1 aromatic heterocycles. The van der Waals surface area contributed by atoms with Crippen LogP contribution in [0, 0.1) is 5.92 Å². The Balaban J connectivity index is 1.49. The molecule has 25 heavy (non-hydrogen) atoms. The quantitative estimate of drug-likeness (QED) is 0.892. The molecule has 2 amide bonds. The second-order valence-corrected chi connectivity index (χ2v) is 6.65. The summed E-state index contributed by atoms with van der Waals surface area (Å²) in [7, 11) is 0. The number of hydrogen-bond donors (Lipinski definition) is 1. The molecule has 7 nitrogen and oxygen atoms in total. The Morgan fingerprint density at radius 1 is 1.12 bits per heavy atom. The predicted octanol–water partition coefficient (Wildman–Crippen LogP) is 1.27. The minimum Gasteiger partial charge on any atom is -0.378 e. The number of ether oxygens (including phenoxy) is 1. The number of nitrogens with one attached hydrogen (secondary N) is 1. The summed E-state index contributed by atoms with van der Waals surface area (Å²) in [4.78, 5) is 29.3. The number of likely N-dealkylation sites (tertiary alicyclic amines) is 1. The number of para-hydroxylation sites is 1. The van der Waals surface area contributed by atoms with Crippen molar-refractivity contribution in [2.24, 2.45) is 5.92 Å². The number of fused-ring (bicyclic) bond motifs is 1. The molecule has 1 aromatic carbocycles. The van der Waals surface area contributed by atoms with Crippen molar-refractivity contribution in [3.8, 4) is 0 Å². The third-order valence-corrected chi connectivity index (χ3v) is 5.05. The van der Waals surface area contributed by atoms with Crippen LogP contribution in [0.15, 0.2) is 24.3 Å². The van der Waals surface area contributed by atoms with E-state index in [1.54, 1.807) is 4.90 Å². The highest BCUT2D eigenvalue weighted by molar-refractivity contribution is 6.04. The van der Waals surface area contributed by atoms with E-state index in [0.717, 1.165) is 23.7 Å². The van der Waals surface area contributed by atoms with Gasteiger partial charge in [0, 0.05) is 31.6 Å². The summed E-state index contributed by atoms with van der Waals surface area (Å²) in [5.74, 6) is -0.0781. The molecule has 1 unspecified atom stereocenters. The molecule has 132 valence electrons. The Kier molecular flexibility index (Phi) is 4.40. The van der Waals surface area contributed by atoms with Gasteiger partial charge in [-0.3, -0.25) is 14.7 Å². The first kappa shape index (κ1) is 16.1. The number of aromatic amines is 1.